The van der Waals surface area contributed by atoms with Gasteiger partial charge in [0.05, 0.1) is 6.20 Å². The van der Waals surface area contributed by atoms with Crippen molar-refractivity contribution in [1.82, 2.24) is 50.4 Å². The van der Waals surface area contributed by atoms with Gasteiger partial charge in [-0.25, -0.2) is 0 Å². The average Bonchev–Trinajstić information content (AvgIpc) is 3.42. The maximum absolute atomic E-state index is 12.7. The van der Waals surface area contributed by atoms with Crippen LogP contribution in [0.5, 0.6) is 0 Å². The van der Waals surface area contributed by atoms with Crippen molar-refractivity contribution in [2.24, 2.45) is 0 Å². The van der Waals surface area contributed by atoms with Crippen LogP contribution in [-0.4, -0.2) is 63.4 Å². The third-order valence-corrected chi connectivity index (χ3v) is 3.51. The Labute approximate surface area is 145 Å². The molecule has 0 atom stereocenters. The second-order valence-corrected chi connectivity index (χ2v) is 5.27. The van der Waals surface area contributed by atoms with E-state index in [0.717, 1.165) is 0 Å². The molecule has 0 unspecified atom stereocenters. The number of rotatable bonds is 5. The first-order chi connectivity index (χ1) is 12.7. The molecule has 0 saturated heterocycles. The van der Waals surface area contributed by atoms with Gasteiger partial charge < -0.3 is 9.42 Å². The molecule has 1 amide bonds. The van der Waals surface area contributed by atoms with Gasteiger partial charge in [-0.1, -0.05) is 11.2 Å². The Morgan fingerprint density at radius 2 is 2.31 bits per heavy atom. The number of hydrogen-bond acceptors (Lipinski definition) is 9. The van der Waals surface area contributed by atoms with Gasteiger partial charge in [-0.15, -0.1) is 5.10 Å². The molecule has 0 aliphatic rings. The van der Waals surface area contributed by atoms with Crippen LogP contribution in [0.4, 0.5) is 0 Å². The molecule has 4 rings (SSSR count). The van der Waals surface area contributed by atoms with E-state index in [4.69, 9.17) is 4.52 Å². The molecule has 0 spiro atoms. The van der Waals surface area contributed by atoms with Gasteiger partial charge in [0.2, 0.25) is 11.7 Å². The second kappa shape index (κ2) is 6.51. The highest BCUT2D eigenvalue weighted by molar-refractivity contribution is 5.96. The predicted molar refractivity (Wildman–Crippen MR) is 84.6 cm³/mol. The second-order valence-electron chi connectivity index (χ2n) is 5.27. The summed E-state index contributed by atoms with van der Waals surface area (Å²) in [6.07, 6.45) is 4.41. The Morgan fingerprint density at radius 1 is 1.38 bits per heavy atom. The van der Waals surface area contributed by atoms with Gasteiger partial charge in [-0.3, -0.25) is 14.9 Å². The number of hydrogen-bond donors (Lipinski definition) is 1. The van der Waals surface area contributed by atoms with E-state index in [2.05, 4.69) is 40.8 Å². The van der Waals surface area contributed by atoms with Gasteiger partial charge >= 0.3 is 0 Å². The lowest BCUT2D eigenvalue weighted by Crippen LogP contribution is -2.27. The first-order valence-electron chi connectivity index (χ1n) is 7.48. The highest BCUT2D eigenvalue weighted by Gasteiger charge is 2.22. The van der Waals surface area contributed by atoms with E-state index in [-0.39, 0.29) is 18.3 Å². The molecule has 1 N–H and O–H groups in total. The lowest BCUT2D eigenvalue weighted by molar-refractivity contribution is 0.0769. The number of amides is 1. The van der Waals surface area contributed by atoms with Crippen LogP contribution in [0.15, 0.2) is 41.4 Å². The van der Waals surface area contributed by atoms with E-state index < -0.39 is 0 Å². The molecular weight excluding hydrogens is 340 g/mol. The molecule has 0 saturated carbocycles. The van der Waals surface area contributed by atoms with E-state index >= 15 is 0 Å². The first kappa shape index (κ1) is 15.6. The van der Waals surface area contributed by atoms with Gasteiger partial charge in [0.15, 0.2) is 5.82 Å². The Morgan fingerprint density at radius 3 is 3.08 bits per heavy atom. The summed E-state index contributed by atoms with van der Waals surface area (Å²) in [7, 11) is 1.61. The van der Waals surface area contributed by atoms with E-state index in [1.807, 2.05) is 6.07 Å². The zero-order valence-electron chi connectivity index (χ0n) is 13.5. The van der Waals surface area contributed by atoms with Gasteiger partial charge in [-0.2, -0.15) is 14.8 Å². The normalized spacial score (nSPS) is 10.8. The number of tetrazole rings is 1. The zero-order chi connectivity index (χ0) is 17.9. The number of H-pyrrole nitrogens is 1. The van der Waals surface area contributed by atoms with Crippen LogP contribution < -0.4 is 0 Å². The lowest BCUT2D eigenvalue weighted by atomic mass is 10.3. The molecule has 0 aromatic carbocycles. The Kier molecular flexibility index (Phi) is 3.89. The molecule has 0 aliphatic heterocycles. The molecule has 26 heavy (non-hydrogen) atoms. The number of nitrogens with one attached hydrogen (secondary N) is 1. The maximum Gasteiger partial charge on any atom is 0.259 e. The number of carbonyl (C=O) groups is 1. The molecule has 0 fully saturated rings. The molecule has 12 nitrogen and oxygen atoms in total. The highest BCUT2D eigenvalue weighted by Crippen LogP contribution is 2.15. The van der Waals surface area contributed by atoms with E-state index in [9.17, 15) is 4.79 Å². The van der Waals surface area contributed by atoms with Gasteiger partial charge in [0.1, 0.15) is 24.1 Å². The number of aromatic amines is 1. The summed E-state index contributed by atoms with van der Waals surface area (Å²) in [5, 5.41) is 21.3. The van der Waals surface area contributed by atoms with Crippen LogP contribution in [0.25, 0.3) is 17.3 Å². The topological polar surface area (TPSA) is 144 Å². The summed E-state index contributed by atoms with van der Waals surface area (Å²) in [5.74, 6) is 0.710. The van der Waals surface area contributed by atoms with Crippen LogP contribution in [0.1, 0.15) is 16.2 Å². The number of aromatic nitrogens is 9. The third-order valence-electron chi connectivity index (χ3n) is 3.51. The molecule has 12 heteroatoms. The Balaban J connectivity index is 1.51. The van der Waals surface area contributed by atoms with Crippen LogP contribution >= 0.6 is 0 Å². The van der Waals surface area contributed by atoms with Crippen molar-refractivity contribution >= 4 is 5.91 Å². The summed E-state index contributed by atoms with van der Waals surface area (Å²) in [6, 6.07) is 5.39. The maximum atomic E-state index is 12.7. The Hall–Kier alpha value is -3.96. The predicted octanol–water partition coefficient (Wildman–Crippen LogP) is 0.103. The Bertz CT molecular complexity index is 1010. The van der Waals surface area contributed by atoms with Gasteiger partial charge in [0.25, 0.3) is 5.91 Å². The van der Waals surface area contributed by atoms with E-state index in [0.29, 0.717) is 22.9 Å². The number of carbonyl (C=O) groups excluding carboxylic acids is 1. The fourth-order valence-electron chi connectivity index (χ4n) is 2.27. The standard InChI is InChI=1S/C14H12N10O2/c1-23(7-11-18-12(20-26-11)10-4-2-3-5-15-10)14(25)9-6-16-19-13(9)24-8-17-21-22-24/h2-6,8H,7H2,1H3,(H,16,19). The fourth-order valence-corrected chi connectivity index (χ4v) is 2.27. The van der Waals surface area contributed by atoms with Crippen LogP contribution in [0.3, 0.4) is 0 Å². The molecular formula is C14H12N10O2. The van der Waals surface area contributed by atoms with Crippen molar-refractivity contribution in [1.29, 1.82) is 0 Å². The smallest absolute Gasteiger partial charge is 0.259 e. The third kappa shape index (κ3) is 2.90. The average molecular weight is 352 g/mol. The SMILES string of the molecule is CN(Cc1nc(-c2ccccn2)no1)C(=O)c1cn[nH]c1-n1cnnn1. The van der Waals surface area contributed by atoms with Crippen LogP contribution in [0, 0.1) is 0 Å². The van der Waals surface area contributed by atoms with Crippen molar-refractivity contribution in [3.63, 3.8) is 0 Å². The van der Waals surface area contributed by atoms with Crippen molar-refractivity contribution in [2.75, 3.05) is 7.05 Å². The van der Waals surface area contributed by atoms with E-state index in [1.54, 1.807) is 25.4 Å². The lowest BCUT2D eigenvalue weighted by Gasteiger charge is -2.14. The quantitative estimate of drug-likeness (QED) is 0.528. The summed E-state index contributed by atoms with van der Waals surface area (Å²) < 4.78 is 6.52. The zero-order valence-corrected chi connectivity index (χ0v) is 13.5. The number of nitrogens with zero attached hydrogens (tertiary/aromatic N) is 9. The largest absolute Gasteiger partial charge is 0.337 e. The van der Waals surface area contributed by atoms with Gasteiger partial charge in [-0.05, 0) is 22.6 Å². The summed E-state index contributed by atoms with van der Waals surface area (Å²) in [4.78, 5) is 22.5. The van der Waals surface area contributed by atoms with Crippen molar-refractivity contribution in [3.8, 4) is 17.3 Å². The minimum absolute atomic E-state index is 0.124. The molecule has 4 aromatic rings. The highest BCUT2D eigenvalue weighted by atomic mass is 16.5. The summed E-state index contributed by atoms with van der Waals surface area (Å²) in [5.41, 5.74) is 0.900. The molecule has 4 heterocycles. The first-order valence-corrected chi connectivity index (χ1v) is 7.48. The molecule has 130 valence electrons. The minimum Gasteiger partial charge on any atom is -0.337 e. The fraction of sp³-hybridized carbons (Fsp3) is 0.143. The van der Waals surface area contributed by atoms with Gasteiger partial charge in [0, 0.05) is 13.2 Å². The van der Waals surface area contributed by atoms with Crippen molar-refractivity contribution < 1.29 is 9.32 Å². The van der Waals surface area contributed by atoms with Crippen molar-refractivity contribution in [2.45, 2.75) is 6.54 Å². The molecule has 0 radical (unpaired) electrons. The number of pyridine rings is 1. The molecule has 0 aliphatic carbocycles. The van der Waals surface area contributed by atoms with Crippen LogP contribution in [0.2, 0.25) is 0 Å². The van der Waals surface area contributed by atoms with E-state index in [1.165, 1.54) is 22.1 Å². The molecule has 0 bridgehead atoms. The van der Waals surface area contributed by atoms with Crippen LogP contribution in [-0.2, 0) is 6.54 Å². The minimum atomic E-state index is -0.304. The monoisotopic (exact) mass is 352 g/mol. The van der Waals surface area contributed by atoms with Crippen molar-refractivity contribution in [3.05, 3.63) is 48.4 Å². The molecule has 4 aromatic heterocycles. The summed E-state index contributed by atoms with van der Waals surface area (Å²) >= 11 is 0. The summed E-state index contributed by atoms with van der Waals surface area (Å²) in [6.45, 7) is 0.124.